The largest absolute Gasteiger partial charge is 0.493 e. The quantitative estimate of drug-likeness (QED) is 0.598. The van der Waals surface area contributed by atoms with Crippen LogP contribution < -0.4 is 14.2 Å². The van der Waals surface area contributed by atoms with Gasteiger partial charge in [-0.1, -0.05) is 0 Å². The van der Waals surface area contributed by atoms with Crippen LogP contribution in [0.1, 0.15) is 22.8 Å². The minimum absolute atomic E-state index is 0.144. The monoisotopic (exact) mass is 449 g/mol. The van der Waals surface area contributed by atoms with Crippen molar-refractivity contribution in [2.45, 2.75) is 11.7 Å². The number of carbonyl (C=O) groups is 1. The van der Waals surface area contributed by atoms with Crippen LogP contribution in [0.2, 0.25) is 0 Å². The Labute approximate surface area is 185 Å². The van der Waals surface area contributed by atoms with Crippen LogP contribution in [0.25, 0.3) is 6.08 Å². The standard InChI is InChI=1S/C23H25F2NO4S/c1-28-19-12-15(13-20(29-2)23(19)30-3)4-7-22(27)26-9-8-21(31-11-10-26)17-14-16(24)5-6-18(17)25/h4-7,12-14,21H,8-11H2,1-3H3/b7-4+. The lowest BCUT2D eigenvalue weighted by atomic mass is 10.1. The van der Waals surface area contributed by atoms with Crippen molar-refractivity contribution >= 4 is 23.7 Å². The molecule has 3 rings (SSSR count). The summed E-state index contributed by atoms with van der Waals surface area (Å²) in [6.45, 7) is 1.00. The van der Waals surface area contributed by atoms with Gasteiger partial charge in [0.25, 0.3) is 0 Å². The molecule has 2 aromatic rings. The second-order valence-corrected chi connectivity index (χ2v) is 8.24. The molecule has 31 heavy (non-hydrogen) atoms. The van der Waals surface area contributed by atoms with Crippen LogP contribution in [-0.4, -0.2) is 51.0 Å². The van der Waals surface area contributed by atoms with Gasteiger partial charge in [-0.25, -0.2) is 8.78 Å². The molecule has 5 nitrogen and oxygen atoms in total. The summed E-state index contributed by atoms with van der Waals surface area (Å²) in [5, 5.41) is -0.187. The highest BCUT2D eigenvalue weighted by Gasteiger charge is 2.23. The number of amides is 1. The van der Waals surface area contributed by atoms with Gasteiger partial charge in [0.1, 0.15) is 11.6 Å². The van der Waals surface area contributed by atoms with Crippen molar-refractivity contribution < 1.29 is 27.8 Å². The average Bonchev–Trinajstić information content (AvgIpc) is 3.04. The first-order chi connectivity index (χ1) is 15.0. The van der Waals surface area contributed by atoms with Crippen LogP contribution in [0.3, 0.4) is 0 Å². The summed E-state index contributed by atoms with van der Waals surface area (Å²) < 4.78 is 43.7. The summed E-state index contributed by atoms with van der Waals surface area (Å²) in [7, 11) is 4.59. The van der Waals surface area contributed by atoms with Crippen LogP contribution in [0.5, 0.6) is 17.2 Å². The van der Waals surface area contributed by atoms with Gasteiger partial charge in [-0.3, -0.25) is 4.79 Å². The van der Waals surface area contributed by atoms with Crippen LogP contribution in [0.4, 0.5) is 8.78 Å². The van der Waals surface area contributed by atoms with E-state index in [2.05, 4.69) is 0 Å². The zero-order valence-corrected chi connectivity index (χ0v) is 18.5. The van der Waals surface area contributed by atoms with E-state index in [1.807, 2.05) is 0 Å². The van der Waals surface area contributed by atoms with Crippen molar-refractivity contribution in [3.63, 3.8) is 0 Å². The maximum absolute atomic E-state index is 14.1. The Balaban J connectivity index is 1.70. The summed E-state index contributed by atoms with van der Waals surface area (Å²) >= 11 is 1.54. The topological polar surface area (TPSA) is 48.0 Å². The van der Waals surface area contributed by atoms with Gasteiger partial charge in [-0.15, -0.1) is 0 Å². The number of rotatable bonds is 6. The maximum Gasteiger partial charge on any atom is 0.246 e. The van der Waals surface area contributed by atoms with Crippen LogP contribution in [-0.2, 0) is 4.79 Å². The van der Waals surface area contributed by atoms with Crippen molar-refractivity contribution in [2.24, 2.45) is 0 Å². The first kappa shape index (κ1) is 22.9. The normalized spacial score (nSPS) is 16.8. The molecule has 1 fully saturated rings. The summed E-state index contributed by atoms with van der Waals surface area (Å²) in [4.78, 5) is 14.4. The molecule has 8 heteroatoms. The molecular weight excluding hydrogens is 424 g/mol. The fourth-order valence-electron chi connectivity index (χ4n) is 3.47. The summed E-state index contributed by atoms with van der Waals surface area (Å²) in [6.07, 6.45) is 3.73. The molecule has 2 aromatic carbocycles. The van der Waals surface area contributed by atoms with E-state index in [-0.39, 0.29) is 11.2 Å². The lowest BCUT2D eigenvalue weighted by molar-refractivity contribution is -0.125. The van der Waals surface area contributed by atoms with Gasteiger partial charge < -0.3 is 19.1 Å². The van der Waals surface area contributed by atoms with Crippen molar-refractivity contribution in [1.29, 1.82) is 0 Å². The van der Waals surface area contributed by atoms with Crippen molar-refractivity contribution in [3.05, 3.63) is 59.2 Å². The van der Waals surface area contributed by atoms with Crippen LogP contribution >= 0.6 is 11.8 Å². The Bertz CT molecular complexity index is 942. The second kappa shape index (κ2) is 10.5. The van der Waals surface area contributed by atoms with E-state index in [4.69, 9.17) is 14.2 Å². The molecule has 0 aliphatic carbocycles. The zero-order chi connectivity index (χ0) is 22.4. The molecule has 0 N–H and O–H groups in total. The van der Waals surface area contributed by atoms with Gasteiger partial charge in [0.2, 0.25) is 11.7 Å². The number of benzene rings is 2. The molecule has 0 bridgehead atoms. The molecule has 0 spiro atoms. The molecule has 0 saturated carbocycles. The molecule has 1 amide bonds. The molecule has 1 aliphatic rings. The Morgan fingerprint density at radius 3 is 2.42 bits per heavy atom. The fourth-order valence-corrected chi connectivity index (χ4v) is 4.71. The molecule has 1 atom stereocenters. The zero-order valence-electron chi connectivity index (χ0n) is 17.7. The summed E-state index contributed by atoms with van der Waals surface area (Å²) in [6, 6.07) is 7.02. The number of methoxy groups -OCH3 is 3. The van der Waals surface area contributed by atoms with Crippen LogP contribution in [0.15, 0.2) is 36.4 Å². The Kier molecular flexibility index (Phi) is 7.79. The number of hydrogen-bond acceptors (Lipinski definition) is 5. The smallest absolute Gasteiger partial charge is 0.246 e. The molecule has 166 valence electrons. The minimum Gasteiger partial charge on any atom is -0.493 e. The number of halogens is 2. The van der Waals surface area contributed by atoms with Gasteiger partial charge >= 0.3 is 0 Å². The molecule has 1 heterocycles. The van der Waals surface area contributed by atoms with Gasteiger partial charge in [-0.05, 0) is 48.4 Å². The number of hydrogen-bond donors (Lipinski definition) is 0. The van der Waals surface area contributed by atoms with Gasteiger partial charge in [-0.2, -0.15) is 11.8 Å². The van der Waals surface area contributed by atoms with E-state index in [0.717, 1.165) is 17.7 Å². The Morgan fingerprint density at radius 1 is 1.06 bits per heavy atom. The summed E-state index contributed by atoms with van der Waals surface area (Å²) in [5.74, 6) is 1.11. The fraction of sp³-hybridized carbons (Fsp3) is 0.348. The molecular formula is C23H25F2NO4S. The molecule has 0 aromatic heterocycles. The van der Waals surface area contributed by atoms with Gasteiger partial charge in [0.05, 0.1) is 21.3 Å². The third kappa shape index (κ3) is 5.50. The minimum atomic E-state index is -0.456. The highest BCUT2D eigenvalue weighted by atomic mass is 32.2. The predicted molar refractivity (Wildman–Crippen MR) is 118 cm³/mol. The molecule has 1 aliphatic heterocycles. The Morgan fingerprint density at radius 2 is 1.77 bits per heavy atom. The molecule has 1 unspecified atom stereocenters. The van der Waals surface area contributed by atoms with Crippen molar-refractivity contribution in [2.75, 3.05) is 40.2 Å². The average molecular weight is 450 g/mol. The highest BCUT2D eigenvalue weighted by molar-refractivity contribution is 7.99. The van der Waals surface area contributed by atoms with E-state index in [0.29, 0.717) is 48.1 Å². The van der Waals surface area contributed by atoms with Gasteiger partial charge in [0, 0.05) is 35.7 Å². The third-order valence-corrected chi connectivity index (χ3v) is 6.37. The van der Waals surface area contributed by atoms with E-state index < -0.39 is 11.6 Å². The lowest BCUT2D eigenvalue weighted by Gasteiger charge is -2.19. The van der Waals surface area contributed by atoms with E-state index in [1.54, 1.807) is 23.1 Å². The Hall–Kier alpha value is -2.74. The lowest BCUT2D eigenvalue weighted by Crippen LogP contribution is -2.31. The van der Waals surface area contributed by atoms with E-state index in [9.17, 15) is 13.6 Å². The number of ether oxygens (including phenoxy) is 3. The first-order valence-corrected chi connectivity index (χ1v) is 10.8. The predicted octanol–water partition coefficient (Wildman–Crippen LogP) is 4.71. The van der Waals surface area contributed by atoms with Crippen molar-refractivity contribution in [1.82, 2.24) is 4.90 Å². The molecule has 0 radical (unpaired) electrons. The van der Waals surface area contributed by atoms with E-state index in [1.165, 1.54) is 45.2 Å². The number of thioether (sulfide) groups is 1. The highest BCUT2D eigenvalue weighted by Crippen LogP contribution is 2.39. The molecule has 1 saturated heterocycles. The number of nitrogens with zero attached hydrogens (tertiary/aromatic N) is 1. The third-order valence-electron chi connectivity index (χ3n) is 5.06. The van der Waals surface area contributed by atoms with Crippen LogP contribution in [0, 0.1) is 11.6 Å². The first-order valence-electron chi connectivity index (χ1n) is 9.80. The van der Waals surface area contributed by atoms with Crippen molar-refractivity contribution in [3.8, 4) is 17.2 Å². The second-order valence-electron chi connectivity index (χ2n) is 6.93. The van der Waals surface area contributed by atoms with Gasteiger partial charge in [0.15, 0.2) is 11.5 Å². The van der Waals surface area contributed by atoms with E-state index >= 15 is 0 Å². The summed E-state index contributed by atoms with van der Waals surface area (Å²) in [5.41, 5.74) is 1.08. The SMILES string of the molecule is COc1cc(/C=C/C(=O)N2CCSC(c3cc(F)ccc3F)CC2)cc(OC)c1OC. The maximum atomic E-state index is 14.1. The number of carbonyl (C=O) groups excluding carboxylic acids is 1.